The number of hydrogen-bond acceptors (Lipinski definition) is 5. The highest BCUT2D eigenvalue weighted by atomic mass is 32.2. The average molecular weight is 350 g/mol. The van der Waals surface area contributed by atoms with Crippen LogP contribution >= 0.6 is 0 Å². The second-order valence-corrected chi connectivity index (χ2v) is 8.55. The van der Waals surface area contributed by atoms with Gasteiger partial charge in [0.2, 0.25) is 0 Å². The molecule has 1 saturated carbocycles. The van der Waals surface area contributed by atoms with Crippen molar-refractivity contribution in [3.05, 3.63) is 30.3 Å². The Bertz CT molecular complexity index is 665. The minimum absolute atomic E-state index is 0.487. The van der Waals surface area contributed by atoms with Crippen molar-refractivity contribution in [1.29, 1.82) is 0 Å². The van der Waals surface area contributed by atoms with Crippen molar-refractivity contribution in [3.8, 4) is 0 Å². The Morgan fingerprint density at radius 1 is 1.21 bits per heavy atom. The summed E-state index contributed by atoms with van der Waals surface area (Å²) in [5, 5.41) is 0. The van der Waals surface area contributed by atoms with Crippen molar-refractivity contribution in [2.45, 2.75) is 67.3 Å². The molecule has 1 heterocycles. The Morgan fingerprint density at radius 3 is 2.42 bits per heavy atom. The molecule has 0 amide bonds. The van der Waals surface area contributed by atoms with Gasteiger partial charge in [0, 0.05) is 11.8 Å². The fourth-order valence-corrected chi connectivity index (χ4v) is 5.35. The molecule has 0 N–H and O–H groups in total. The summed E-state index contributed by atoms with van der Waals surface area (Å²) in [5.74, 6) is -1.03. The molecule has 3 atom stereocenters. The molecule has 1 aliphatic heterocycles. The molecule has 0 bridgehead atoms. The Labute approximate surface area is 144 Å². The molecule has 1 aliphatic carbocycles. The zero-order valence-electron chi connectivity index (χ0n) is 13.9. The number of carbonyl (C=O) groups excluding carboxylic acids is 2. The van der Waals surface area contributed by atoms with Gasteiger partial charge >= 0.3 is 11.9 Å². The van der Waals surface area contributed by atoms with Crippen LogP contribution in [-0.2, 0) is 29.9 Å². The quantitative estimate of drug-likeness (QED) is 0.784. The molecule has 1 aromatic carbocycles. The van der Waals surface area contributed by atoms with E-state index in [0.29, 0.717) is 17.7 Å². The van der Waals surface area contributed by atoms with E-state index in [-0.39, 0.29) is 0 Å². The van der Waals surface area contributed by atoms with Crippen LogP contribution in [0.25, 0.3) is 0 Å². The SMILES string of the molecule is CC(=O)O[C@H]1C2(CCCCC2)OC(=O)[C@]1(C)S(=O)c1ccccc1. The maximum Gasteiger partial charge on any atom is 0.329 e. The van der Waals surface area contributed by atoms with Gasteiger partial charge in [0.25, 0.3) is 0 Å². The molecular weight excluding hydrogens is 328 g/mol. The molecule has 24 heavy (non-hydrogen) atoms. The van der Waals surface area contributed by atoms with Gasteiger partial charge in [-0.25, -0.2) is 0 Å². The Balaban J connectivity index is 2.04. The van der Waals surface area contributed by atoms with Crippen molar-refractivity contribution in [3.63, 3.8) is 0 Å². The van der Waals surface area contributed by atoms with Gasteiger partial charge in [0.1, 0.15) is 0 Å². The summed E-state index contributed by atoms with van der Waals surface area (Å²) in [6.07, 6.45) is 3.30. The van der Waals surface area contributed by atoms with Crippen molar-refractivity contribution >= 4 is 22.7 Å². The van der Waals surface area contributed by atoms with E-state index in [4.69, 9.17) is 9.47 Å². The average Bonchev–Trinajstić information content (AvgIpc) is 2.77. The number of rotatable bonds is 3. The maximum absolute atomic E-state index is 13.2. The number of ether oxygens (including phenoxy) is 2. The highest BCUT2D eigenvalue weighted by Gasteiger charge is 2.67. The third-order valence-electron chi connectivity index (χ3n) is 5.01. The first-order valence-electron chi connectivity index (χ1n) is 8.28. The number of hydrogen-bond donors (Lipinski definition) is 0. The van der Waals surface area contributed by atoms with E-state index in [0.717, 1.165) is 19.3 Å². The Morgan fingerprint density at radius 2 is 1.83 bits per heavy atom. The molecule has 6 heteroatoms. The summed E-state index contributed by atoms with van der Waals surface area (Å²) >= 11 is 0. The van der Waals surface area contributed by atoms with E-state index in [2.05, 4.69) is 0 Å². The highest BCUT2D eigenvalue weighted by molar-refractivity contribution is 7.87. The fraction of sp³-hybridized carbons (Fsp3) is 0.556. The molecule has 1 aromatic rings. The molecule has 0 radical (unpaired) electrons. The van der Waals surface area contributed by atoms with E-state index in [1.54, 1.807) is 31.2 Å². The third kappa shape index (κ3) is 2.66. The molecule has 1 spiro atoms. The molecular formula is C18H22O5S. The van der Waals surface area contributed by atoms with Crippen molar-refractivity contribution in [2.24, 2.45) is 0 Å². The molecule has 2 aliphatic rings. The number of esters is 2. The summed E-state index contributed by atoms with van der Waals surface area (Å²) in [6, 6.07) is 8.79. The van der Waals surface area contributed by atoms with E-state index in [1.165, 1.54) is 6.92 Å². The van der Waals surface area contributed by atoms with Crippen LogP contribution in [-0.4, -0.2) is 32.6 Å². The van der Waals surface area contributed by atoms with Gasteiger partial charge in [-0.3, -0.25) is 13.8 Å². The summed E-state index contributed by atoms with van der Waals surface area (Å²) in [6.45, 7) is 2.90. The van der Waals surface area contributed by atoms with Gasteiger partial charge in [-0.15, -0.1) is 0 Å². The van der Waals surface area contributed by atoms with E-state index in [9.17, 15) is 13.8 Å². The standard InChI is InChI=1S/C18H22O5S/c1-13(19)22-15-17(2,24(21)14-9-5-3-6-10-14)16(20)23-18(15)11-7-4-8-12-18/h3,5-6,9-10,15H,4,7-8,11-12H2,1-2H3/t15-,17-,24?/m1/s1. The van der Waals surface area contributed by atoms with Crippen LogP contribution in [0.5, 0.6) is 0 Å². The minimum atomic E-state index is -1.68. The van der Waals surface area contributed by atoms with Gasteiger partial charge in [-0.2, -0.15) is 0 Å². The van der Waals surface area contributed by atoms with E-state index in [1.807, 2.05) is 6.07 Å². The second kappa shape index (κ2) is 6.31. The third-order valence-corrected chi connectivity index (χ3v) is 6.86. The van der Waals surface area contributed by atoms with Crippen LogP contribution in [0.1, 0.15) is 46.0 Å². The summed E-state index contributed by atoms with van der Waals surface area (Å²) < 4.78 is 23.1. The number of benzene rings is 1. The molecule has 3 rings (SSSR count). The van der Waals surface area contributed by atoms with Crippen LogP contribution < -0.4 is 0 Å². The normalized spacial score (nSPS) is 29.9. The van der Waals surface area contributed by atoms with Crippen molar-refractivity contribution in [1.82, 2.24) is 0 Å². The first-order valence-corrected chi connectivity index (χ1v) is 9.43. The van der Waals surface area contributed by atoms with E-state index >= 15 is 0 Å². The smallest absolute Gasteiger partial charge is 0.329 e. The van der Waals surface area contributed by atoms with Crippen molar-refractivity contribution < 1.29 is 23.3 Å². The lowest BCUT2D eigenvalue weighted by Gasteiger charge is -2.38. The van der Waals surface area contributed by atoms with Gasteiger partial charge in [-0.1, -0.05) is 24.6 Å². The summed E-state index contributed by atoms with van der Waals surface area (Å²) in [5.41, 5.74) is -0.847. The molecule has 130 valence electrons. The van der Waals surface area contributed by atoms with Gasteiger partial charge < -0.3 is 9.47 Å². The largest absolute Gasteiger partial charge is 0.456 e. The topological polar surface area (TPSA) is 69.7 Å². The van der Waals surface area contributed by atoms with E-state index < -0.39 is 39.2 Å². The molecule has 5 nitrogen and oxygen atoms in total. The van der Waals surface area contributed by atoms with Crippen LogP contribution in [0.2, 0.25) is 0 Å². The Kier molecular flexibility index (Phi) is 4.51. The maximum atomic E-state index is 13.2. The summed E-state index contributed by atoms with van der Waals surface area (Å²) in [7, 11) is -1.68. The lowest BCUT2D eigenvalue weighted by molar-refractivity contribution is -0.166. The Hall–Kier alpha value is -1.69. The molecule has 2 fully saturated rings. The summed E-state index contributed by atoms with van der Waals surface area (Å²) in [4.78, 5) is 25.0. The minimum Gasteiger partial charge on any atom is -0.456 e. The fourth-order valence-electron chi connectivity index (χ4n) is 3.81. The van der Waals surface area contributed by atoms with Crippen LogP contribution in [0, 0.1) is 0 Å². The first-order chi connectivity index (χ1) is 11.4. The second-order valence-electron chi connectivity index (χ2n) is 6.69. The van der Waals surface area contributed by atoms with Crippen LogP contribution in [0.3, 0.4) is 0 Å². The predicted octanol–water partition coefficient (Wildman–Crippen LogP) is 2.74. The van der Waals surface area contributed by atoms with Gasteiger partial charge in [0.05, 0.1) is 10.8 Å². The lowest BCUT2D eigenvalue weighted by atomic mass is 9.78. The van der Waals surface area contributed by atoms with Gasteiger partial charge in [-0.05, 0) is 44.7 Å². The van der Waals surface area contributed by atoms with Gasteiger partial charge in [0.15, 0.2) is 16.5 Å². The predicted molar refractivity (Wildman–Crippen MR) is 88.7 cm³/mol. The monoisotopic (exact) mass is 350 g/mol. The lowest BCUT2D eigenvalue weighted by Crippen LogP contribution is -2.54. The van der Waals surface area contributed by atoms with Crippen LogP contribution in [0.4, 0.5) is 0 Å². The van der Waals surface area contributed by atoms with Crippen LogP contribution in [0.15, 0.2) is 35.2 Å². The highest BCUT2D eigenvalue weighted by Crippen LogP contribution is 2.49. The molecule has 1 saturated heterocycles. The van der Waals surface area contributed by atoms with Crippen molar-refractivity contribution in [2.75, 3.05) is 0 Å². The zero-order valence-corrected chi connectivity index (χ0v) is 14.8. The number of carbonyl (C=O) groups is 2. The zero-order chi connectivity index (χ0) is 17.4. The first kappa shape index (κ1) is 17.1. The molecule has 0 aromatic heterocycles. The molecule has 1 unspecified atom stereocenters.